The van der Waals surface area contributed by atoms with Crippen LogP contribution in [0.25, 0.3) is 0 Å². The maximum absolute atomic E-state index is 4.44. The van der Waals surface area contributed by atoms with Gasteiger partial charge in [0.1, 0.15) is 5.82 Å². The van der Waals surface area contributed by atoms with E-state index in [0.717, 1.165) is 31.0 Å². The lowest BCUT2D eigenvalue weighted by Crippen LogP contribution is -2.26. The minimum atomic E-state index is 0.690. The molecule has 2 rings (SSSR count). The summed E-state index contributed by atoms with van der Waals surface area (Å²) in [6.07, 6.45) is 0.973. The number of nitrogens with zero attached hydrogens (tertiary/aromatic N) is 2. The van der Waals surface area contributed by atoms with Gasteiger partial charge in [0.2, 0.25) is 5.95 Å². The maximum atomic E-state index is 4.44. The van der Waals surface area contributed by atoms with Crippen molar-refractivity contribution >= 4 is 11.8 Å². The van der Waals surface area contributed by atoms with Crippen molar-refractivity contribution in [1.82, 2.24) is 15.3 Å². The van der Waals surface area contributed by atoms with E-state index in [1.54, 1.807) is 0 Å². The van der Waals surface area contributed by atoms with E-state index < -0.39 is 0 Å². The van der Waals surface area contributed by atoms with Crippen LogP contribution in [0.3, 0.4) is 0 Å². The Kier molecular flexibility index (Phi) is 2.49. The molecule has 76 valence electrons. The zero-order valence-electron chi connectivity index (χ0n) is 8.52. The third kappa shape index (κ3) is 1.50. The van der Waals surface area contributed by atoms with E-state index in [2.05, 4.69) is 25.9 Å². The van der Waals surface area contributed by atoms with E-state index >= 15 is 0 Å². The molecular weight excluding hydrogens is 178 g/mol. The van der Waals surface area contributed by atoms with Gasteiger partial charge >= 0.3 is 0 Å². The summed E-state index contributed by atoms with van der Waals surface area (Å²) in [4.78, 5) is 8.79. The van der Waals surface area contributed by atoms with Gasteiger partial charge < -0.3 is 16.0 Å². The number of anilines is 2. The van der Waals surface area contributed by atoms with Gasteiger partial charge in [-0.1, -0.05) is 0 Å². The maximum Gasteiger partial charge on any atom is 0.224 e. The second kappa shape index (κ2) is 3.79. The van der Waals surface area contributed by atoms with E-state index in [9.17, 15) is 0 Å². The van der Waals surface area contributed by atoms with Crippen molar-refractivity contribution in [2.45, 2.75) is 13.0 Å². The summed E-state index contributed by atoms with van der Waals surface area (Å²) < 4.78 is 0. The first-order valence-electron chi connectivity index (χ1n) is 4.81. The van der Waals surface area contributed by atoms with Crippen molar-refractivity contribution in [3.8, 4) is 0 Å². The minimum Gasteiger partial charge on any atom is -0.373 e. The van der Waals surface area contributed by atoms with Crippen LogP contribution in [0, 0.1) is 0 Å². The highest BCUT2D eigenvalue weighted by Crippen LogP contribution is 2.20. The van der Waals surface area contributed by atoms with E-state index in [-0.39, 0.29) is 0 Å². The van der Waals surface area contributed by atoms with Gasteiger partial charge in [-0.2, -0.15) is 4.98 Å². The number of rotatable bonds is 2. The van der Waals surface area contributed by atoms with E-state index in [0.29, 0.717) is 5.95 Å². The number of hydrogen-bond donors (Lipinski definition) is 3. The molecule has 3 N–H and O–H groups in total. The summed E-state index contributed by atoms with van der Waals surface area (Å²) in [5, 5.41) is 9.38. The molecule has 2 heterocycles. The van der Waals surface area contributed by atoms with Gasteiger partial charge in [0.15, 0.2) is 0 Å². The van der Waals surface area contributed by atoms with Crippen molar-refractivity contribution in [3.63, 3.8) is 0 Å². The summed E-state index contributed by atoms with van der Waals surface area (Å²) in [5.41, 5.74) is 2.34. The first-order chi connectivity index (χ1) is 6.85. The smallest absolute Gasteiger partial charge is 0.224 e. The lowest BCUT2D eigenvalue weighted by Gasteiger charge is -2.19. The predicted octanol–water partition coefficient (Wildman–Crippen LogP) is 0.206. The summed E-state index contributed by atoms with van der Waals surface area (Å²) in [6.45, 7) is 1.85. The number of nitrogens with one attached hydrogen (secondary N) is 3. The van der Waals surface area contributed by atoms with E-state index in [4.69, 9.17) is 0 Å². The molecule has 0 aliphatic carbocycles. The topological polar surface area (TPSA) is 61.9 Å². The van der Waals surface area contributed by atoms with Gasteiger partial charge in [-0.3, -0.25) is 0 Å². The van der Waals surface area contributed by atoms with Gasteiger partial charge in [-0.15, -0.1) is 0 Å². The summed E-state index contributed by atoms with van der Waals surface area (Å²) in [6, 6.07) is 0. The number of hydrogen-bond acceptors (Lipinski definition) is 5. The fourth-order valence-electron chi connectivity index (χ4n) is 1.66. The second-order valence-electron chi connectivity index (χ2n) is 3.25. The quantitative estimate of drug-likeness (QED) is 0.626. The fourth-order valence-corrected chi connectivity index (χ4v) is 1.66. The Morgan fingerprint density at radius 1 is 1.21 bits per heavy atom. The third-order valence-corrected chi connectivity index (χ3v) is 2.39. The molecular formula is C9H15N5. The average Bonchev–Trinajstić information content (AvgIpc) is 2.27. The molecule has 5 nitrogen and oxygen atoms in total. The highest BCUT2D eigenvalue weighted by molar-refractivity contribution is 5.50. The highest BCUT2D eigenvalue weighted by Gasteiger charge is 2.15. The van der Waals surface area contributed by atoms with Crippen molar-refractivity contribution in [3.05, 3.63) is 11.3 Å². The molecule has 0 atom stereocenters. The Morgan fingerprint density at radius 3 is 2.79 bits per heavy atom. The van der Waals surface area contributed by atoms with Crippen molar-refractivity contribution in [1.29, 1.82) is 0 Å². The van der Waals surface area contributed by atoms with E-state index in [1.807, 2.05) is 14.1 Å². The monoisotopic (exact) mass is 193 g/mol. The molecule has 0 fully saturated rings. The van der Waals surface area contributed by atoms with Crippen LogP contribution in [0.2, 0.25) is 0 Å². The molecule has 14 heavy (non-hydrogen) atoms. The SMILES string of the molecule is CNc1nc2c(c(NC)n1)CNCC2. The molecule has 5 heteroatoms. The van der Waals surface area contributed by atoms with Gasteiger partial charge in [0.25, 0.3) is 0 Å². The molecule has 0 spiro atoms. The second-order valence-corrected chi connectivity index (χ2v) is 3.25. The Hall–Kier alpha value is -1.36. The zero-order valence-corrected chi connectivity index (χ0v) is 8.52. The Morgan fingerprint density at radius 2 is 2.07 bits per heavy atom. The van der Waals surface area contributed by atoms with Crippen LogP contribution >= 0.6 is 0 Å². The first kappa shape index (κ1) is 9.21. The molecule has 0 saturated carbocycles. The molecule has 0 saturated heterocycles. The minimum absolute atomic E-state index is 0.690. The highest BCUT2D eigenvalue weighted by atomic mass is 15.1. The van der Waals surface area contributed by atoms with Crippen LogP contribution in [0.5, 0.6) is 0 Å². The van der Waals surface area contributed by atoms with Crippen LogP contribution in [-0.4, -0.2) is 30.6 Å². The molecule has 0 radical (unpaired) electrons. The van der Waals surface area contributed by atoms with Gasteiger partial charge in [0.05, 0.1) is 5.69 Å². The largest absolute Gasteiger partial charge is 0.373 e. The van der Waals surface area contributed by atoms with Crippen LogP contribution in [0.4, 0.5) is 11.8 Å². The standard InChI is InChI=1S/C9H15N5/c1-10-8-6-5-12-4-3-7(6)13-9(11-2)14-8/h12H,3-5H2,1-2H3,(H2,10,11,13,14). The third-order valence-electron chi connectivity index (χ3n) is 2.39. The normalized spacial score (nSPS) is 14.7. The van der Waals surface area contributed by atoms with E-state index in [1.165, 1.54) is 5.56 Å². The van der Waals surface area contributed by atoms with Crippen molar-refractivity contribution < 1.29 is 0 Å². The summed E-state index contributed by atoms with van der Waals surface area (Å²) in [5.74, 6) is 1.61. The summed E-state index contributed by atoms with van der Waals surface area (Å²) >= 11 is 0. The Balaban J connectivity index is 2.47. The molecule has 0 bridgehead atoms. The molecule has 0 aromatic carbocycles. The molecule has 1 aromatic heterocycles. The van der Waals surface area contributed by atoms with Crippen LogP contribution < -0.4 is 16.0 Å². The lowest BCUT2D eigenvalue weighted by molar-refractivity contribution is 0.628. The molecule has 1 aliphatic heterocycles. The number of aromatic nitrogens is 2. The Bertz CT molecular complexity index is 319. The molecule has 1 aliphatic rings. The van der Waals surface area contributed by atoms with Gasteiger partial charge in [-0.05, 0) is 0 Å². The van der Waals surface area contributed by atoms with Gasteiger partial charge in [0, 0.05) is 39.2 Å². The number of fused-ring (bicyclic) bond motifs is 1. The fraction of sp³-hybridized carbons (Fsp3) is 0.556. The summed E-state index contributed by atoms with van der Waals surface area (Å²) in [7, 11) is 3.72. The lowest BCUT2D eigenvalue weighted by atomic mass is 10.1. The van der Waals surface area contributed by atoms with Crippen molar-refractivity contribution in [2.75, 3.05) is 31.3 Å². The van der Waals surface area contributed by atoms with Crippen molar-refractivity contribution in [2.24, 2.45) is 0 Å². The van der Waals surface area contributed by atoms with Crippen LogP contribution in [0.15, 0.2) is 0 Å². The Labute approximate surface area is 83.3 Å². The van der Waals surface area contributed by atoms with Crippen LogP contribution in [0.1, 0.15) is 11.3 Å². The predicted molar refractivity (Wildman–Crippen MR) is 56.5 cm³/mol. The van der Waals surface area contributed by atoms with Gasteiger partial charge in [-0.25, -0.2) is 4.98 Å². The molecule has 0 unspecified atom stereocenters. The average molecular weight is 193 g/mol. The first-order valence-corrected chi connectivity index (χ1v) is 4.81. The molecule has 0 amide bonds. The zero-order chi connectivity index (χ0) is 9.97. The van der Waals surface area contributed by atoms with Crippen LogP contribution in [-0.2, 0) is 13.0 Å². The molecule has 1 aromatic rings.